The molecule has 1 fully saturated rings. The van der Waals surface area contributed by atoms with Crippen LogP contribution in [-0.4, -0.2) is 13.2 Å². The molecule has 0 spiro atoms. The Balaban J connectivity index is 2.00. The molecule has 1 nitrogen and oxygen atoms in total. The van der Waals surface area contributed by atoms with E-state index in [0.29, 0.717) is 4.83 Å². The van der Waals surface area contributed by atoms with Crippen LogP contribution in [0.5, 0.6) is 0 Å². The number of ether oxygens (including phenoxy) is 1. The topological polar surface area (TPSA) is 9.23 Å². The molecule has 0 saturated carbocycles. The van der Waals surface area contributed by atoms with E-state index in [-0.39, 0.29) is 0 Å². The molecule has 0 radical (unpaired) electrons. The lowest BCUT2D eigenvalue weighted by molar-refractivity contribution is 0.184. The molecule has 0 N–H and O–H groups in total. The maximum atomic E-state index is 5.40. The molecule has 1 aromatic rings. The molecule has 0 bridgehead atoms. The van der Waals surface area contributed by atoms with Crippen LogP contribution in [0.1, 0.15) is 27.4 Å². The number of alkyl halides is 1. The van der Waals surface area contributed by atoms with Gasteiger partial charge in [-0.05, 0) is 47.7 Å². The van der Waals surface area contributed by atoms with E-state index in [1.54, 1.807) is 0 Å². The average molecular weight is 354 g/mol. The van der Waals surface area contributed by atoms with Gasteiger partial charge in [-0.2, -0.15) is 0 Å². The summed E-state index contributed by atoms with van der Waals surface area (Å²) in [6, 6.07) is 2.19. The summed E-state index contributed by atoms with van der Waals surface area (Å²) in [7, 11) is 0. The van der Waals surface area contributed by atoms with Gasteiger partial charge in [0.1, 0.15) is 0 Å². The van der Waals surface area contributed by atoms with Crippen molar-refractivity contribution in [1.29, 1.82) is 0 Å². The summed E-state index contributed by atoms with van der Waals surface area (Å²) < 4.78 is 6.64. The molecule has 2 atom stereocenters. The molecule has 0 aromatic carbocycles. The maximum absolute atomic E-state index is 5.40. The summed E-state index contributed by atoms with van der Waals surface area (Å²) in [6.45, 7) is 4.02. The van der Waals surface area contributed by atoms with E-state index in [1.165, 1.54) is 27.1 Å². The second-order valence-corrected chi connectivity index (χ2v) is 7.25. The summed E-state index contributed by atoms with van der Waals surface area (Å²) in [5.74, 6) is 0.726. The zero-order chi connectivity index (χ0) is 10.8. The predicted octanol–water partition coefficient (Wildman–Crippen LogP) is 4.68. The average Bonchev–Trinajstić information content (AvgIpc) is 2.75. The minimum absolute atomic E-state index is 0.470. The van der Waals surface area contributed by atoms with Crippen LogP contribution in [-0.2, 0) is 4.74 Å². The summed E-state index contributed by atoms with van der Waals surface area (Å²) >= 11 is 9.27. The molecule has 2 unspecified atom stereocenters. The smallest absolute Gasteiger partial charge is 0.0504 e. The van der Waals surface area contributed by atoms with E-state index < -0.39 is 0 Å². The minimum atomic E-state index is 0.470. The highest BCUT2D eigenvalue weighted by molar-refractivity contribution is 9.11. The second kappa shape index (κ2) is 5.30. The number of halogens is 2. The Morgan fingerprint density at radius 1 is 1.67 bits per heavy atom. The van der Waals surface area contributed by atoms with Crippen LogP contribution in [0.4, 0.5) is 0 Å². The van der Waals surface area contributed by atoms with Crippen molar-refractivity contribution in [1.82, 2.24) is 0 Å². The maximum Gasteiger partial charge on any atom is 0.0504 e. The molecule has 84 valence electrons. The first-order chi connectivity index (χ1) is 7.16. The molecule has 2 rings (SSSR count). The molecule has 4 heteroatoms. The van der Waals surface area contributed by atoms with Crippen LogP contribution < -0.4 is 0 Å². The van der Waals surface area contributed by atoms with Crippen molar-refractivity contribution in [3.63, 3.8) is 0 Å². The number of hydrogen-bond donors (Lipinski definition) is 0. The minimum Gasteiger partial charge on any atom is -0.381 e. The number of aryl methyl sites for hydroxylation is 1. The van der Waals surface area contributed by atoms with Gasteiger partial charge >= 0.3 is 0 Å². The van der Waals surface area contributed by atoms with Gasteiger partial charge < -0.3 is 4.74 Å². The molecule has 0 aliphatic carbocycles. The van der Waals surface area contributed by atoms with Gasteiger partial charge in [0.05, 0.1) is 4.83 Å². The zero-order valence-electron chi connectivity index (χ0n) is 8.63. The highest BCUT2D eigenvalue weighted by atomic mass is 79.9. The Bertz CT molecular complexity index is 331. The normalized spacial score (nSPS) is 23.3. The monoisotopic (exact) mass is 352 g/mol. The lowest BCUT2D eigenvalue weighted by atomic mass is 10.0. The van der Waals surface area contributed by atoms with Crippen LogP contribution in [0.25, 0.3) is 0 Å². The Hall–Kier alpha value is 0.620. The van der Waals surface area contributed by atoms with Crippen molar-refractivity contribution in [3.05, 3.63) is 20.3 Å². The van der Waals surface area contributed by atoms with Crippen molar-refractivity contribution in [2.45, 2.75) is 24.6 Å². The van der Waals surface area contributed by atoms with Crippen molar-refractivity contribution in [2.75, 3.05) is 13.2 Å². The van der Waals surface area contributed by atoms with Crippen LogP contribution in [0.2, 0.25) is 0 Å². The van der Waals surface area contributed by atoms with E-state index in [1.807, 2.05) is 11.3 Å². The van der Waals surface area contributed by atoms with E-state index in [0.717, 1.165) is 19.1 Å². The quantitative estimate of drug-likeness (QED) is 0.717. The first-order valence-electron chi connectivity index (χ1n) is 5.14. The fourth-order valence-corrected chi connectivity index (χ4v) is 5.16. The van der Waals surface area contributed by atoms with Gasteiger partial charge in [-0.15, -0.1) is 11.3 Å². The largest absolute Gasteiger partial charge is 0.381 e. The van der Waals surface area contributed by atoms with Gasteiger partial charge in [0.2, 0.25) is 0 Å². The van der Waals surface area contributed by atoms with Crippen LogP contribution in [0.3, 0.4) is 0 Å². The first kappa shape index (κ1) is 12.1. The van der Waals surface area contributed by atoms with E-state index >= 15 is 0 Å². The third-order valence-electron chi connectivity index (χ3n) is 2.69. The van der Waals surface area contributed by atoms with E-state index in [9.17, 15) is 0 Å². The number of rotatable bonds is 3. The zero-order valence-corrected chi connectivity index (χ0v) is 12.6. The summed E-state index contributed by atoms with van der Waals surface area (Å²) in [5, 5.41) is 0. The third kappa shape index (κ3) is 3.05. The van der Waals surface area contributed by atoms with Crippen LogP contribution in [0.15, 0.2) is 10.5 Å². The van der Waals surface area contributed by atoms with Gasteiger partial charge in [0, 0.05) is 27.4 Å². The summed E-state index contributed by atoms with van der Waals surface area (Å²) in [4.78, 5) is 3.25. The molecular formula is C11H14Br2OS. The van der Waals surface area contributed by atoms with Crippen molar-refractivity contribution >= 4 is 43.2 Å². The van der Waals surface area contributed by atoms with Gasteiger partial charge in [-0.25, -0.2) is 0 Å². The van der Waals surface area contributed by atoms with Gasteiger partial charge in [0.15, 0.2) is 0 Å². The Kier molecular flexibility index (Phi) is 4.27. The van der Waals surface area contributed by atoms with Crippen molar-refractivity contribution in [3.8, 4) is 0 Å². The van der Waals surface area contributed by atoms with Gasteiger partial charge in [-0.3, -0.25) is 0 Å². The highest BCUT2D eigenvalue weighted by Crippen LogP contribution is 2.41. The fourth-order valence-electron chi connectivity index (χ4n) is 1.88. The Morgan fingerprint density at radius 2 is 2.47 bits per heavy atom. The number of thiophene rings is 1. The first-order valence-corrected chi connectivity index (χ1v) is 7.67. The second-order valence-electron chi connectivity index (χ2n) is 4.00. The molecule has 1 aliphatic rings. The van der Waals surface area contributed by atoms with E-state index in [4.69, 9.17) is 4.74 Å². The van der Waals surface area contributed by atoms with Crippen molar-refractivity contribution < 1.29 is 4.74 Å². The Labute approximate surface area is 111 Å². The molecular weight excluding hydrogens is 340 g/mol. The SMILES string of the molecule is Cc1cc(Br)c(C(Br)CC2CCOC2)s1. The number of hydrogen-bond acceptors (Lipinski definition) is 2. The lowest BCUT2D eigenvalue weighted by Crippen LogP contribution is -2.02. The van der Waals surface area contributed by atoms with E-state index in [2.05, 4.69) is 44.8 Å². The van der Waals surface area contributed by atoms with Gasteiger partial charge in [-0.1, -0.05) is 15.9 Å². The predicted molar refractivity (Wildman–Crippen MR) is 72.0 cm³/mol. The summed E-state index contributed by atoms with van der Waals surface area (Å²) in [6.07, 6.45) is 2.39. The third-order valence-corrected chi connectivity index (χ3v) is 5.90. The molecule has 1 aromatic heterocycles. The van der Waals surface area contributed by atoms with Crippen LogP contribution in [0, 0.1) is 12.8 Å². The standard InChI is InChI=1S/C11H14Br2OS/c1-7-4-9(12)11(15-7)10(13)5-8-2-3-14-6-8/h4,8,10H,2-3,5-6H2,1H3. The highest BCUT2D eigenvalue weighted by Gasteiger charge is 2.22. The molecule has 1 saturated heterocycles. The summed E-state index contributed by atoms with van der Waals surface area (Å²) in [5.41, 5.74) is 0. The molecule has 2 heterocycles. The van der Waals surface area contributed by atoms with Crippen LogP contribution >= 0.6 is 43.2 Å². The molecule has 15 heavy (non-hydrogen) atoms. The molecule has 1 aliphatic heterocycles. The Morgan fingerprint density at radius 3 is 3.00 bits per heavy atom. The molecule has 0 amide bonds. The fraction of sp³-hybridized carbons (Fsp3) is 0.636. The van der Waals surface area contributed by atoms with Gasteiger partial charge in [0.25, 0.3) is 0 Å². The lowest BCUT2D eigenvalue weighted by Gasteiger charge is -2.12. The van der Waals surface area contributed by atoms with Crippen molar-refractivity contribution in [2.24, 2.45) is 5.92 Å².